The minimum Gasteiger partial charge on any atom is -0.497 e. The number of carbonyl (C=O) groups is 2. The first kappa shape index (κ1) is 18.5. The van der Waals surface area contributed by atoms with Gasteiger partial charge in [-0.05, 0) is 43.5 Å². The maximum Gasteiger partial charge on any atom is 0.257 e. The number of carbonyl (C=O) groups excluding carboxylic acids is 2. The fourth-order valence-electron chi connectivity index (χ4n) is 4.30. The van der Waals surface area contributed by atoms with Crippen LogP contribution in [0.5, 0.6) is 5.75 Å². The van der Waals surface area contributed by atoms with Gasteiger partial charge in [-0.2, -0.15) is 0 Å². The van der Waals surface area contributed by atoms with Gasteiger partial charge in [0.15, 0.2) is 0 Å². The van der Waals surface area contributed by atoms with Gasteiger partial charge in [-0.3, -0.25) is 9.59 Å². The molecule has 2 fully saturated rings. The van der Waals surface area contributed by atoms with Crippen molar-refractivity contribution in [1.82, 2.24) is 9.80 Å². The number of hydrogen-bond donors (Lipinski definition) is 0. The molecule has 4 rings (SSSR count). The standard InChI is InChI=1S/C21H23FN2O4/c1-27-17-3-4-18(22)16(11-17)12-23-8-2-6-21(20(23)26)7-9-24(14-21)19(25)15-5-10-28-13-15/h3-5,10-11,13H,2,6-9,12,14H2,1H3. The van der Waals surface area contributed by atoms with E-state index in [0.29, 0.717) is 42.9 Å². The normalized spacial score (nSPS) is 22.1. The first-order valence-corrected chi connectivity index (χ1v) is 9.46. The number of furan rings is 1. The highest BCUT2D eigenvalue weighted by atomic mass is 19.1. The van der Waals surface area contributed by atoms with Gasteiger partial charge >= 0.3 is 0 Å². The van der Waals surface area contributed by atoms with E-state index in [2.05, 4.69) is 0 Å². The van der Waals surface area contributed by atoms with E-state index in [1.807, 2.05) is 0 Å². The third kappa shape index (κ3) is 3.25. The monoisotopic (exact) mass is 386 g/mol. The third-order valence-electron chi connectivity index (χ3n) is 5.85. The van der Waals surface area contributed by atoms with Crippen LogP contribution in [0.1, 0.15) is 35.2 Å². The number of amides is 2. The molecular formula is C21H23FN2O4. The summed E-state index contributed by atoms with van der Waals surface area (Å²) < 4.78 is 24.4. The predicted octanol–water partition coefficient (Wildman–Crippen LogP) is 3.08. The highest BCUT2D eigenvalue weighted by Gasteiger charge is 2.49. The average molecular weight is 386 g/mol. The molecule has 3 heterocycles. The number of benzene rings is 1. The largest absolute Gasteiger partial charge is 0.497 e. The Hall–Kier alpha value is -2.83. The molecule has 2 aliphatic rings. The smallest absolute Gasteiger partial charge is 0.257 e. The Morgan fingerprint density at radius 1 is 1.29 bits per heavy atom. The van der Waals surface area contributed by atoms with Crippen molar-refractivity contribution >= 4 is 11.8 Å². The van der Waals surface area contributed by atoms with Crippen molar-refractivity contribution in [2.75, 3.05) is 26.7 Å². The van der Waals surface area contributed by atoms with Crippen LogP contribution >= 0.6 is 0 Å². The van der Waals surface area contributed by atoms with Crippen molar-refractivity contribution in [2.45, 2.75) is 25.8 Å². The molecule has 6 nitrogen and oxygen atoms in total. The lowest BCUT2D eigenvalue weighted by atomic mass is 9.78. The summed E-state index contributed by atoms with van der Waals surface area (Å²) in [6.07, 6.45) is 5.11. The second-order valence-electron chi connectivity index (χ2n) is 7.56. The van der Waals surface area contributed by atoms with Gasteiger partial charge in [0, 0.05) is 31.7 Å². The van der Waals surface area contributed by atoms with Crippen molar-refractivity contribution < 1.29 is 23.1 Å². The van der Waals surface area contributed by atoms with Crippen molar-refractivity contribution in [3.8, 4) is 5.75 Å². The molecule has 148 valence electrons. The molecule has 28 heavy (non-hydrogen) atoms. The van der Waals surface area contributed by atoms with E-state index in [1.54, 1.807) is 28.0 Å². The zero-order valence-corrected chi connectivity index (χ0v) is 15.8. The van der Waals surface area contributed by atoms with E-state index in [-0.39, 0.29) is 24.2 Å². The van der Waals surface area contributed by atoms with Gasteiger partial charge in [-0.15, -0.1) is 0 Å². The fraction of sp³-hybridized carbons (Fsp3) is 0.429. The van der Waals surface area contributed by atoms with Crippen molar-refractivity contribution in [3.05, 3.63) is 53.7 Å². The number of nitrogens with zero attached hydrogens (tertiary/aromatic N) is 2. The Bertz CT molecular complexity index is 883. The second-order valence-corrected chi connectivity index (χ2v) is 7.56. The minimum absolute atomic E-state index is 0.00321. The average Bonchev–Trinajstić information content (AvgIpc) is 3.38. The third-order valence-corrected chi connectivity index (χ3v) is 5.85. The molecule has 1 atom stereocenters. The Balaban J connectivity index is 1.50. The first-order valence-electron chi connectivity index (χ1n) is 9.46. The fourth-order valence-corrected chi connectivity index (χ4v) is 4.30. The summed E-state index contributed by atoms with van der Waals surface area (Å²) in [5.74, 6) is 0.0996. The maximum atomic E-state index is 14.2. The molecular weight excluding hydrogens is 363 g/mol. The molecule has 0 N–H and O–H groups in total. The van der Waals surface area contributed by atoms with Crippen molar-refractivity contribution in [1.29, 1.82) is 0 Å². The van der Waals surface area contributed by atoms with Crippen LogP contribution in [-0.4, -0.2) is 48.4 Å². The number of halogens is 1. The molecule has 1 spiro atoms. The summed E-state index contributed by atoms with van der Waals surface area (Å²) in [6, 6.07) is 6.19. The van der Waals surface area contributed by atoms with Crippen molar-refractivity contribution in [3.63, 3.8) is 0 Å². The van der Waals surface area contributed by atoms with Crippen LogP contribution in [0.25, 0.3) is 0 Å². The van der Waals surface area contributed by atoms with Crippen LogP contribution < -0.4 is 4.74 Å². The summed E-state index contributed by atoms with van der Waals surface area (Å²) >= 11 is 0. The summed E-state index contributed by atoms with van der Waals surface area (Å²) in [5.41, 5.74) is 0.359. The molecule has 1 aromatic carbocycles. The topological polar surface area (TPSA) is 63.0 Å². The lowest BCUT2D eigenvalue weighted by Gasteiger charge is -2.39. The quantitative estimate of drug-likeness (QED) is 0.810. The van der Waals surface area contributed by atoms with Gasteiger partial charge < -0.3 is 19.0 Å². The number of piperidine rings is 1. The molecule has 0 radical (unpaired) electrons. The number of ether oxygens (including phenoxy) is 1. The number of rotatable bonds is 4. The van der Waals surface area contributed by atoms with Gasteiger partial charge in [0.05, 0.1) is 24.4 Å². The second kappa shape index (κ2) is 7.30. The van der Waals surface area contributed by atoms with E-state index in [9.17, 15) is 14.0 Å². The highest BCUT2D eigenvalue weighted by molar-refractivity contribution is 5.95. The first-order chi connectivity index (χ1) is 13.5. The van der Waals surface area contributed by atoms with Crippen LogP contribution in [0.4, 0.5) is 4.39 Å². The lowest BCUT2D eigenvalue weighted by Crippen LogP contribution is -2.50. The molecule has 0 saturated carbocycles. The Labute approximate surface area is 162 Å². The van der Waals surface area contributed by atoms with Crippen LogP contribution in [0, 0.1) is 11.2 Å². The molecule has 2 aliphatic heterocycles. The minimum atomic E-state index is -0.576. The molecule has 1 unspecified atom stereocenters. The van der Waals surface area contributed by atoms with Gasteiger partial charge in [0.1, 0.15) is 17.8 Å². The summed E-state index contributed by atoms with van der Waals surface area (Å²) in [7, 11) is 1.53. The number of likely N-dealkylation sites (tertiary alicyclic amines) is 2. The zero-order valence-electron chi connectivity index (χ0n) is 15.8. The SMILES string of the molecule is COc1ccc(F)c(CN2CCCC3(CCN(C(=O)c4ccoc4)C3)C2=O)c1. The van der Waals surface area contributed by atoms with E-state index in [4.69, 9.17) is 9.15 Å². The van der Waals surface area contributed by atoms with Crippen molar-refractivity contribution in [2.24, 2.45) is 5.41 Å². The van der Waals surface area contributed by atoms with Crippen LogP contribution in [-0.2, 0) is 11.3 Å². The Morgan fingerprint density at radius 2 is 2.14 bits per heavy atom. The van der Waals surface area contributed by atoms with Gasteiger partial charge in [-0.1, -0.05) is 0 Å². The van der Waals surface area contributed by atoms with Crippen LogP contribution in [0.2, 0.25) is 0 Å². The molecule has 0 aliphatic carbocycles. The lowest BCUT2D eigenvalue weighted by molar-refractivity contribution is -0.146. The van der Waals surface area contributed by atoms with Gasteiger partial charge in [0.25, 0.3) is 5.91 Å². The van der Waals surface area contributed by atoms with Gasteiger partial charge in [0.2, 0.25) is 5.91 Å². The van der Waals surface area contributed by atoms with E-state index >= 15 is 0 Å². The van der Waals surface area contributed by atoms with E-state index in [0.717, 1.165) is 12.8 Å². The van der Waals surface area contributed by atoms with E-state index in [1.165, 1.54) is 25.7 Å². The molecule has 2 amide bonds. The summed E-state index contributed by atoms with van der Waals surface area (Å²) in [5, 5.41) is 0. The highest BCUT2D eigenvalue weighted by Crippen LogP contribution is 2.41. The number of methoxy groups -OCH3 is 1. The number of hydrogen-bond acceptors (Lipinski definition) is 4. The maximum absolute atomic E-state index is 14.2. The summed E-state index contributed by atoms with van der Waals surface area (Å²) in [6.45, 7) is 1.73. The van der Waals surface area contributed by atoms with Crippen LogP contribution in [0.15, 0.2) is 41.2 Å². The van der Waals surface area contributed by atoms with Crippen LogP contribution in [0.3, 0.4) is 0 Å². The predicted molar refractivity (Wildman–Crippen MR) is 99.3 cm³/mol. The Kier molecular flexibility index (Phi) is 4.83. The molecule has 2 aromatic rings. The molecule has 0 bridgehead atoms. The molecule has 1 aromatic heterocycles. The van der Waals surface area contributed by atoms with E-state index < -0.39 is 5.41 Å². The zero-order chi connectivity index (χ0) is 19.7. The molecule has 7 heteroatoms. The Morgan fingerprint density at radius 3 is 2.89 bits per heavy atom. The molecule has 2 saturated heterocycles. The van der Waals surface area contributed by atoms with Gasteiger partial charge in [-0.25, -0.2) is 4.39 Å². The summed E-state index contributed by atoms with van der Waals surface area (Å²) in [4.78, 5) is 29.3.